The monoisotopic (exact) mass is 532 g/mol. The molecule has 1 rings (SSSR count). The van der Waals surface area contributed by atoms with Crippen molar-refractivity contribution in [3.63, 3.8) is 0 Å². The van der Waals surface area contributed by atoms with Crippen LogP contribution in [0.15, 0.2) is 12.4 Å². The van der Waals surface area contributed by atoms with Crippen molar-refractivity contribution in [3.8, 4) is 0 Å². The van der Waals surface area contributed by atoms with E-state index in [0.717, 1.165) is 0 Å². The van der Waals surface area contributed by atoms with Crippen molar-refractivity contribution in [2.24, 2.45) is 0 Å². The number of aromatic nitrogens is 2. The van der Waals surface area contributed by atoms with Crippen LogP contribution in [0.4, 0.5) is 0 Å². The normalized spacial score (nSPS) is 13.3. The first-order chi connectivity index (χ1) is 18.7. The number of rotatable bonds is 29. The number of nitrogens with zero attached hydrogens (tertiary/aromatic N) is 1. The Bertz CT molecular complexity index is 592. The summed E-state index contributed by atoms with van der Waals surface area (Å²) >= 11 is 0. The smallest absolute Gasteiger partial charge is 0.247 e. The van der Waals surface area contributed by atoms with Crippen LogP contribution in [0.2, 0.25) is 0 Å². The van der Waals surface area contributed by atoms with Gasteiger partial charge in [-0.05, 0) is 32.6 Å². The Balaban J connectivity index is 2.37. The van der Waals surface area contributed by atoms with Gasteiger partial charge in [0.15, 0.2) is 0 Å². The van der Waals surface area contributed by atoms with Crippen molar-refractivity contribution in [1.29, 1.82) is 0 Å². The van der Waals surface area contributed by atoms with Crippen LogP contribution in [0.3, 0.4) is 0 Å². The number of hydrogen-bond donors (Lipinski definition) is 1. The predicted molar refractivity (Wildman–Crippen MR) is 170 cm³/mol. The highest BCUT2D eigenvalue weighted by atomic mass is 15.1. The predicted octanol–water partition coefficient (Wildman–Crippen LogP) is 12.5. The summed E-state index contributed by atoms with van der Waals surface area (Å²) in [5, 5.41) is 0. The fourth-order valence-electron chi connectivity index (χ4n) is 6.25. The summed E-state index contributed by atoms with van der Waals surface area (Å²) in [4.78, 5) is 3.72. The number of hydrogen-bond acceptors (Lipinski definition) is 0. The lowest BCUT2D eigenvalue weighted by molar-refractivity contribution is -0.727. The second kappa shape index (κ2) is 26.4. The highest BCUT2D eigenvalue weighted by Crippen LogP contribution is 2.27. The average molecular weight is 532 g/mol. The molecule has 0 bridgehead atoms. The molecule has 0 radical (unpaired) electrons. The van der Waals surface area contributed by atoms with Gasteiger partial charge in [0, 0.05) is 0 Å². The molecule has 224 valence electrons. The molecule has 0 aliphatic heterocycles. The third-order valence-electron chi connectivity index (χ3n) is 8.89. The molecule has 0 saturated carbocycles. The molecule has 0 aliphatic rings. The number of imidazole rings is 1. The SMILES string of the molecule is CCCCCCCCCCCCCC(CCCCCC)c1[nH]cc[n+]1C(C)CCCCCCCCCCC. The summed E-state index contributed by atoms with van der Waals surface area (Å²) in [5.74, 6) is 2.24. The first-order valence-electron chi connectivity index (χ1n) is 17.8. The van der Waals surface area contributed by atoms with Crippen molar-refractivity contribution in [3.05, 3.63) is 18.2 Å². The molecule has 1 aromatic heterocycles. The van der Waals surface area contributed by atoms with E-state index < -0.39 is 0 Å². The van der Waals surface area contributed by atoms with Gasteiger partial charge < -0.3 is 0 Å². The Morgan fingerprint density at radius 2 is 0.842 bits per heavy atom. The van der Waals surface area contributed by atoms with Crippen LogP contribution in [-0.2, 0) is 0 Å². The minimum Gasteiger partial charge on any atom is -0.247 e. The molecule has 0 aliphatic carbocycles. The highest BCUT2D eigenvalue weighted by molar-refractivity contribution is 4.90. The first kappa shape index (κ1) is 35.2. The molecule has 1 N–H and O–H groups in total. The Morgan fingerprint density at radius 1 is 0.500 bits per heavy atom. The number of unbranched alkanes of at least 4 members (excludes halogenated alkanes) is 21. The third kappa shape index (κ3) is 18.5. The standard InChI is InChI=1S/C36H70N2/c1-5-8-11-14-16-18-19-21-23-25-28-31-35(30-27-13-10-7-3)36-37-32-33-38(36)34(4)29-26-24-22-20-17-15-12-9-6-2/h32-35H,5-31H2,1-4H3/p+1. The van der Waals surface area contributed by atoms with Crippen LogP contribution in [-0.4, -0.2) is 4.98 Å². The minimum atomic E-state index is 0.622. The molecule has 0 spiro atoms. The van der Waals surface area contributed by atoms with Gasteiger partial charge in [-0.3, -0.25) is 0 Å². The fraction of sp³-hybridized carbons (Fsp3) is 0.917. The van der Waals surface area contributed by atoms with E-state index in [2.05, 4.69) is 49.6 Å². The Kier molecular flexibility index (Phi) is 24.5. The van der Waals surface area contributed by atoms with Gasteiger partial charge in [0.1, 0.15) is 12.4 Å². The highest BCUT2D eigenvalue weighted by Gasteiger charge is 2.25. The summed E-state index contributed by atoms with van der Waals surface area (Å²) in [6, 6.07) is 0.622. The number of aromatic amines is 1. The topological polar surface area (TPSA) is 19.7 Å². The molecule has 0 fully saturated rings. The molecule has 0 amide bonds. The largest absolute Gasteiger partial charge is 0.257 e. The fourth-order valence-corrected chi connectivity index (χ4v) is 6.25. The Morgan fingerprint density at radius 3 is 1.26 bits per heavy atom. The lowest BCUT2D eigenvalue weighted by atomic mass is 9.93. The molecule has 0 aromatic carbocycles. The van der Waals surface area contributed by atoms with E-state index in [4.69, 9.17) is 0 Å². The molecule has 1 aromatic rings. The summed E-state index contributed by atoms with van der Waals surface area (Å²) < 4.78 is 2.62. The van der Waals surface area contributed by atoms with Gasteiger partial charge in [-0.25, -0.2) is 9.55 Å². The zero-order chi connectivity index (χ0) is 27.5. The zero-order valence-corrected chi connectivity index (χ0v) is 26.8. The van der Waals surface area contributed by atoms with Crippen LogP contribution < -0.4 is 4.57 Å². The van der Waals surface area contributed by atoms with Gasteiger partial charge in [-0.15, -0.1) is 0 Å². The van der Waals surface area contributed by atoms with Crippen molar-refractivity contribution in [1.82, 2.24) is 4.98 Å². The maximum atomic E-state index is 3.72. The molecule has 2 nitrogen and oxygen atoms in total. The summed E-state index contributed by atoms with van der Waals surface area (Å²) in [6.45, 7) is 9.40. The third-order valence-corrected chi connectivity index (χ3v) is 8.89. The maximum Gasteiger partial charge on any atom is 0.257 e. The lowest BCUT2D eigenvalue weighted by Gasteiger charge is -2.17. The van der Waals surface area contributed by atoms with Crippen molar-refractivity contribution in [2.75, 3.05) is 0 Å². The van der Waals surface area contributed by atoms with Crippen LogP contribution >= 0.6 is 0 Å². The van der Waals surface area contributed by atoms with E-state index in [1.165, 1.54) is 179 Å². The van der Waals surface area contributed by atoms with Crippen molar-refractivity contribution < 1.29 is 4.57 Å². The molecule has 38 heavy (non-hydrogen) atoms. The summed E-state index contributed by atoms with van der Waals surface area (Å²) in [7, 11) is 0. The van der Waals surface area contributed by atoms with Gasteiger partial charge in [-0.1, -0.05) is 168 Å². The minimum absolute atomic E-state index is 0.622. The van der Waals surface area contributed by atoms with Crippen LogP contribution in [0.25, 0.3) is 0 Å². The van der Waals surface area contributed by atoms with E-state index >= 15 is 0 Å². The Labute approximate surface area is 240 Å². The van der Waals surface area contributed by atoms with Gasteiger partial charge in [0.2, 0.25) is 0 Å². The van der Waals surface area contributed by atoms with Crippen LogP contribution in [0, 0.1) is 0 Å². The maximum absolute atomic E-state index is 3.72. The van der Waals surface area contributed by atoms with E-state index in [-0.39, 0.29) is 0 Å². The first-order valence-corrected chi connectivity index (χ1v) is 17.8. The molecular formula is C36H71N2+. The molecule has 0 saturated heterocycles. The zero-order valence-electron chi connectivity index (χ0n) is 26.8. The Hall–Kier alpha value is -0.790. The second-order valence-electron chi connectivity index (χ2n) is 12.6. The van der Waals surface area contributed by atoms with Gasteiger partial charge in [0.05, 0.1) is 12.0 Å². The van der Waals surface area contributed by atoms with Crippen molar-refractivity contribution in [2.45, 2.75) is 213 Å². The van der Waals surface area contributed by atoms with E-state index in [0.29, 0.717) is 12.0 Å². The van der Waals surface area contributed by atoms with Gasteiger partial charge in [-0.2, -0.15) is 0 Å². The van der Waals surface area contributed by atoms with E-state index in [1.807, 2.05) is 0 Å². The average Bonchev–Trinajstić information content (AvgIpc) is 3.42. The van der Waals surface area contributed by atoms with Crippen molar-refractivity contribution >= 4 is 0 Å². The van der Waals surface area contributed by atoms with Crippen LogP contribution in [0.1, 0.15) is 219 Å². The molecule has 2 atom stereocenters. The second-order valence-corrected chi connectivity index (χ2v) is 12.6. The van der Waals surface area contributed by atoms with E-state index in [9.17, 15) is 0 Å². The van der Waals surface area contributed by atoms with Gasteiger partial charge in [0.25, 0.3) is 5.82 Å². The molecule has 1 heterocycles. The van der Waals surface area contributed by atoms with Crippen LogP contribution in [0.5, 0.6) is 0 Å². The van der Waals surface area contributed by atoms with Gasteiger partial charge >= 0.3 is 0 Å². The quantitative estimate of drug-likeness (QED) is 0.0783. The van der Waals surface area contributed by atoms with E-state index in [1.54, 1.807) is 0 Å². The lowest BCUT2D eigenvalue weighted by Crippen LogP contribution is -2.41. The number of nitrogens with one attached hydrogen (secondary N) is 1. The molecule has 2 heteroatoms. The summed E-state index contributed by atoms with van der Waals surface area (Å²) in [6.07, 6.45) is 42.7. The molecular weight excluding hydrogens is 460 g/mol. The number of H-pyrrole nitrogens is 1. The molecule has 2 unspecified atom stereocenters. The summed E-state index contributed by atoms with van der Waals surface area (Å²) in [5.41, 5.74) is 0.